The van der Waals surface area contributed by atoms with E-state index in [-0.39, 0.29) is 0 Å². The summed E-state index contributed by atoms with van der Waals surface area (Å²) in [6.45, 7) is 0.966. The predicted octanol–water partition coefficient (Wildman–Crippen LogP) is -0.151. The second kappa shape index (κ2) is 6.64. The standard InChI is InChI=1S/2C5H9NO3/c2*7-5(8)4-2-1-3-6(4)9/h2*4,9H,1-3H2,(H,7,8). The topological polar surface area (TPSA) is 122 Å². The van der Waals surface area contributed by atoms with Crippen LogP contribution in [0.25, 0.3) is 0 Å². The lowest BCUT2D eigenvalue weighted by Gasteiger charge is -2.11. The molecule has 0 amide bonds. The van der Waals surface area contributed by atoms with Gasteiger partial charge < -0.3 is 20.6 Å². The van der Waals surface area contributed by atoms with Crippen molar-refractivity contribution in [3.8, 4) is 0 Å². The molecule has 2 fully saturated rings. The van der Waals surface area contributed by atoms with Gasteiger partial charge in [-0.25, -0.2) is 0 Å². The summed E-state index contributed by atoms with van der Waals surface area (Å²) in [6, 6.07) is -1.32. The van der Waals surface area contributed by atoms with Gasteiger partial charge in [0, 0.05) is 13.1 Å². The maximum absolute atomic E-state index is 10.2. The Hall–Kier alpha value is -1.22. The van der Waals surface area contributed by atoms with Crippen molar-refractivity contribution in [1.82, 2.24) is 10.1 Å². The lowest BCUT2D eigenvalue weighted by molar-refractivity contribution is -0.162. The maximum Gasteiger partial charge on any atom is 0.323 e. The smallest absolute Gasteiger partial charge is 0.323 e. The molecule has 0 aromatic heterocycles. The lowest BCUT2D eigenvalue weighted by Crippen LogP contribution is -2.32. The summed E-state index contributed by atoms with van der Waals surface area (Å²) < 4.78 is 0. The van der Waals surface area contributed by atoms with Crippen LogP contribution >= 0.6 is 0 Å². The first-order valence-electron chi connectivity index (χ1n) is 5.80. The van der Waals surface area contributed by atoms with Gasteiger partial charge in [-0.1, -0.05) is 0 Å². The SMILES string of the molecule is O=C(O)C1CCCN1O.O=C(O)C1CCCN1O. The van der Waals surface area contributed by atoms with Gasteiger partial charge in [-0.15, -0.1) is 0 Å². The van der Waals surface area contributed by atoms with Crippen molar-refractivity contribution in [2.24, 2.45) is 0 Å². The Morgan fingerprint density at radius 2 is 1.17 bits per heavy atom. The molecule has 2 rings (SSSR count). The highest BCUT2D eigenvalue weighted by atomic mass is 16.5. The first-order valence-corrected chi connectivity index (χ1v) is 5.80. The van der Waals surface area contributed by atoms with E-state index in [0.717, 1.165) is 23.0 Å². The van der Waals surface area contributed by atoms with Crippen LogP contribution in [0.2, 0.25) is 0 Å². The molecule has 8 nitrogen and oxygen atoms in total. The van der Waals surface area contributed by atoms with Crippen LogP contribution in [0.3, 0.4) is 0 Å². The Labute approximate surface area is 104 Å². The summed E-state index contributed by atoms with van der Waals surface area (Å²) >= 11 is 0. The first-order chi connectivity index (χ1) is 8.43. The maximum atomic E-state index is 10.2. The van der Waals surface area contributed by atoms with E-state index in [9.17, 15) is 9.59 Å². The number of hydroxylamine groups is 4. The minimum absolute atomic E-state index is 0.483. The molecule has 2 saturated heterocycles. The van der Waals surface area contributed by atoms with Crippen LogP contribution in [0.1, 0.15) is 25.7 Å². The second-order valence-electron chi connectivity index (χ2n) is 4.32. The average Bonchev–Trinajstić information content (AvgIpc) is 2.87. The van der Waals surface area contributed by atoms with E-state index in [4.69, 9.17) is 20.6 Å². The Kier molecular flexibility index (Phi) is 5.48. The molecule has 0 aliphatic carbocycles. The van der Waals surface area contributed by atoms with Crippen LogP contribution in [0.5, 0.6) is 0 Å². The van der Waals surface area contributed by atoms with E-state index >= 15 is 0 Å². The highest BCUT2D eigenvalue weighted by Gasteiger charge is 2.29. The van der Waals surface area contributed by atoms with Gasteiger partial charge in [0.15, 0.2) is 0 Å². The van der Waals surface area contributed by atoms with E-state index < -0.39 is 24.0 Å². The molecule has 2 aliphatic heterocycles. The highest BCUT2D eigenvalue weighted by Crippen LogP contribution is 2.14. The molecule has 2 unspecified atom stereocenters. The molecule has 8 heteroatoms. The zero-order valence-electron chi connectivity index (χ0n) is 9.90. The van der Waals surface area contributed by atoms with Gasteiger partial charge in [0.2, 0.25) is 0 Å². The Balaban J connectivity index is 0.000000180. The Morgan fingerprint density at radius 1 is 0.833 bits per heavy atom. The van der Waals surface area contributed by atoms with Crippen LogP contribution in [0.4, 0.5) is 0 Å². The molecule has 2 aliphatic rings. The van der Waals surface area contributed by atoms with Gasteiger partial charge in [-0.05, 0) is 25.7 Å². The van der Waals surface area contributed by atoms with Gasteiger partial charge in [-0.3, -0.25) is 9.59 Å². The summed E-state index contributed by atoms with van der Waals surface area (Å²) in [6.07, 6.45) is 2.67. The van der Waals surface area contributed by atoms with Crippen LogP contribution in [-0.4, -0.2) is 67.9 Å². The van der Waals surface area contributed by atoms with Crippen molar-refractivity contribution in [3.63, 3.8) is 0 Å². The van der Waals surface area contributed by atoms with Gasteiger partial charge in [0.1, 0.15) is 12.1 Å². The van der Waals surface area contributed by atoms with E-state index in [1.165, 1.54) is 0 Å². The number of rotatable bonds is 2. The first kappa shape index (κ1) is 14.8. The number of hydrogen-bond acceptors (Lipinski definition) is 6. The number of aliphatic carboxylic acids is 2. The molecule has 2 atom stereocenters. The van der Waals surface area contributed by atoms with E-state index in [1.807, 2.05) is 0 Å². The molecule has 0 saturated carbocycles. The van der Waals surface area contributed by atoms with Crippen molar-refractivity contribution in [1.29, 1.82) is 0 Å². The lowest BCUT2D eigenvalue weighted by atomic mass is 10.2. The van der Waals surface area contributed by atoms with Crippen molar-refractivity contribution in [3.05, 3.63) is 0 Å². The van der Waals surface area contributed by atoms with Gasteiger partial charge in [0.05, 0.1) is 0 Å². The van der Waals surface area contributed by atoms with Crippen LogP contribution in [-0.2, 0) is 9.59 Å². The fraction of sp³-hybridized carbons (Fsp3) is 0.800. The predicted molar refractivity (Wildman–Crippen MR) is 58.3 cm³/mol. The molecular weight excluding hydrogens is 244 g/mol. The third-order valence-electron chi connectivity index (χ3n) is 3.02. The number of carboxylic acids is 2. The molecule has 2 heterocycles. The number of carboxylic acid groups (broad SMARTS) is 2. The molecule has 0 aromatic rings. The van der Waals surface area contributed by atoms with Crippen LogP contribution in [0, 0.1) is 0 Å². The van der Waals surface area contributed by atoms with Crippen molar-refractivity contribution >= 4 is 11.9 Å². The fourth-order valence-corrected chi connectivity index (χ4v) is 2.00. The quantitative estimate of drug-likeness (QED) is 0.542. The van der Waals surface area contributed by atoms with E-state index in [1.54, 1.807) is 0 Å². The van der Waals surface area contributed by atoms with E-state index in [0.29, 0.717) is 25.9 Å². The molecule has 18 heavy (non-hydrogen) atoms. The van der Waals surface area contributed by atoms with Gasteiger partial charge in [0.25, 0.3) is 0 Å². The normalized spacial score (nSPS) is 28.8. The van der Waals surface area contributed by atoms with Gasteiger partial charge in [-0.2, -0.15) is 10.1 Å². The minimum atomic E-state index is -0.935. The summed E-state index contributed by atoms with van der Waals surface area (Å²) in [7, 11) is 0. The number of hydrogen-bond donors (Lipinski definition) is 4. The third-order valence-corrected chi connectivity index (χ3v) is 3.02. The van der Waals surface area contributed by atoms with Crippen LogP contribution < -0.4 is 0 Å². The number of nitrogens with zero attached hydrogens (tertiary/aromatic N) is 2. The zero-order valence-corrected chi connectivity index (χ0v) is 9.90. The zero-order chi connectivity index (χ0) is 13.7. The summed E-state index contributed by atoms with van der Waals surface area (Å²) in [5, 5.41) is 36.1. The van der Waals surface area contributed by atoms with Crippen LogP contribution in [0.15, 0.2) is 0 Å². The fourth-order valence-electron chi connectivity index (χ4n) is 2.00. The largest absolute Gasteiger partial charge is 0.480 e. The monoisotopic (exact) mass is 262 g/mol. The third kappa shape index (κ3) is 3.91. The van der Waals surface area contributed by atoms with Crippen molar-refractivity contribution < 1.29 is 30.2 Å². The molecule has 4 N–H and O–H groups in total. The summed E-state index contributed by atoms with van der Waals surface area (Å²) in [5.74, 6) is -1.87. The number of carbonyl (C=O) groups is 2. The molecule has 0 aromatic carbocycles. The molecule has 0 spiro atoms. The molecular formula is C10H18N2O6. The molecule has 104 valence electrons. The van der Waals surface area contributed by atoms with E-state index in [2.05, 4.69) is 0 Å². The Bertz CT molecular complexity index is 281. The van der Waals surface area contributed by atoms with Crippen molar-refractivity contribution in [2.75, 3.05) is 13.1 Å². The van der Waals surface area contributed by atoms with Crippen molar-refractivity contribution in [2.45, 2.75) is 37.8 Å². The summed E-state index contributed by atoms with van der Waals surface area (Å²) in [5.41, 5.74) is 0. The Morgan fingerprint density at radius 3 is 1.28 bits per heavy atom. The second-order valence-corrected chi connectivity index (χ2v) is 4.32. The molecule has 0 bridgehead atoms. The highest BCUT2D eigenvalue weighted by molar-refractivity contribution is 5.73. The summed E-state index contributed by atoms with van der Waals surface area (Å²) in [4.78, 5) is 20.4. The average molecular weight is 262 g/mol. The molecule has 0 radical (unpaired) electrons. The minimum Gasteiger partial charge on any atom is -0.480 e. The van der Waals surface area contributed by atoms with Gasteiger partial charge >= 0.3 is 11.9 Å².